The van der Waals surface area contributed by atoms with Gasteiger partial charge in [-0.3, -0.25) is 0 Å². The molecule has 2 N–H and O–H groups in total. The van der Waals surface area contributed by atoms with Crippen molar-refractivity contribution in [1.29, 1.82) is 0 Å². The zero-order valence-corrected chi connectivity index (χ0v) is 13.2. The van der Waals surface area contributed by atoms with Crippen LogP contribution in [0.4, 0.5) is 4.79 Å². The van der Waals surface area contributed by atoms with E-state index in [1.165, 1.54) is 5.56 Å². The van der Waals surface area contributed by atoms with Crippen LogP contribution in [-0.2, 0) is 0 Å². The van der Waals surface area contributed by atoms with Gasteiger partial charge in [0.25, 0.3) is 0 Å². The fraction of sp³-hybridized carbons (Fsp3) is 0.562. The standard InChI is InChI=1S/C16H26N2O2/c1-6-14(5)18-16(19)17-7-8-20-15-12(3)9-11(2)10-13(15)4/h9-10,14H,6-8H2,1-5H3,(H2,17,18,19). The van der Waals surface area contributed by atoms with Crippen LogP contribution in [0.15, 0.2) is 12.1 Å². The number of amides is 2. The zero-order chi connectivity index (χ0) is 15.1. The Bertz CT molecular complexity index is 435. The second kappa shape index (κ2) is 7.78. The first kappa shape index (κ1) is 16.3. The summed E-state index contributed by atoms with van der Waals surface area (Å²) in [5.41, 5.74) is 3.50. The van der Waals surface area contributed by atoms with Crippen molar-refractivity contribution < 1.29 is 9.53 Å². The minimum atomic E-state index is -0.139. The highest BCUT2D eigenvalue weighted by molar-refractivity contribution is 5.74. The highest BCUT2D eigenvalue weighted by Crippen LogP contribution is 2.24. The Hall–Kier alpha value is -1.71. The van der Waals surface area contributed by atoms with Gasteiger partial charge in [0, 0.05) is 6.04 Å². The lowest BCUT2D eigenvalue weighted by atomic mass is 10.1. The zero-order valence-electron chi connectivity index (χ0n) is 13.2. The maximum Gasteiger partial charge on any atom is 0.315 e. The second-order valence-electron chi connectivity index (χ2n) is 5.29. The van der Waals surface area contributed by atoms with E-state index in [4.69, 9.17) is 4.74 Å². The number of carbonyl (C=O) groups excluding carboxylic acids is 1. The third kappa shape index (κ3) is 5.11. The van der Waals surface area contributed by atoms with Crippen molar-refractivity contribution >= 4 is 6.03 Å². The number of hydrogen-bond donors (Lipinski definition) is 2. The van der Waals surface area contributed by atoms with Gasteiger partial charge in [0.1, 0.15) is 12.4 Å². The Balaban J connectivity index is 2.37. The first-order valence-electron chi connectivity index (χ1n) is 7.19. The maximum atomic E-state index is 11.5. The van der Waals surface area contributed by atoms with Gasteiger partial charge < -0.3 is 15.4 Å². The van der Waals surface area contributed by atoms with Crippen LogP contribution in [0.1, 0.15) is 37.0 Å². The van der Waals surface area contributed by atoms with Gasteiger partial charge in [0.2, 0.25) is 0 Å². The number of aryl methyl sites for hydroxylation is 3. The molecule has 1 aromatic rings. The molecule has 0 bridgehead atoms. The highest BCUT2D eigenvalue weighted by atomic mass is 16.5. The minimum Gasteiger partial charge on any atom is -0.491 e. The van der Waals surface area contributed by atoms with Gasteiger partial charge in [-0.05, 0) is 45.2 Å². The van der Waals surface area contributed by atoms with Crippen molar-refractivity contribution in [3.8, 4) is 5.75 Å². The maximum absolute atomic E-state index is 11.5. The molecule has 0 saturated heterocycles. The summed E-state index contributed by atoms with van der Waals surface area (Å²) in [7, 11) is 0. The van der Waals surface area contributed by atoms with Crippen molar-refractivity contribution in [2.24, 2.45) is 0 Å². The molecule has 0 fully saturated rings. The summed E-state index contributed by atoms with van der Waals surface area (Å²) in [6.07, 6.45) is 0.922. The molecule has 0 aliphatic carbocycles. The number of hydrogen-bond acceptors (Lipinski definition) is 2. The Morgan fingerprint density at radius 1 is 1.25 bits per heavy atom. The normalized spacial score (nSPS) is 11.8. The van der Waals surface area contributed by atoms with Crippen LogP contribution in [-0.4, -0.2) is 25.2 Å². The van der Waals surface area contributed by atoms with E-state index in [0.717, 1.165) is 23.3 Å². The molecule has 4 nitrogen and oxygen atoms in total. The summed E-state index contributed by atoms with van der Waals surface area (Å²) in [6, 6.07) is 4.26. The molecular weight excluding hydrogens is 252 g/mol. The molecule has 1 unspecified atom stereocenters. The first-order valence-corrected chi connectivity index (χ1v) is 7.19. The topological polar surface area (TPSA) is 50.4 Å². The van der Waals surface area contributed by atoms with E-state index in [2.05, 4.69) is 29.7 Å². The molecule has 1 rings (SSSR count). The van der Waals surface area contributed by atoms with Crippen molar-refractivity contribution in [2.45, 2.75) is 47.1 Å². The van der Waals surface area contributed by atoms with Crippen molar-refractivity contribution in [3.05, 3.63) is 28.8 Å². The second-order valence-corrected chi connectivity index (χ2v) is 5.29. The first-order chi connectivity index (χ1) is 9.43. The Kier molecular flexibility index (Phi) is 6.36. The molecule has 0 saturated carbocycles. The number of rotatable bonds is 6. The summed E-state index contributed by atoms with van der Waals surface area (Å²) >= 11 is 0. The highest BCUT2D eigenvalue weighted by Gasteiger charge is 2.06. The summed E-state index contributed by atoms with van der Waals surface area (Å²) < 4.78 is 5.76. The molecule has 2 amide bonds. The molecule has 112 valence electrons. The third-order valence-electron chi connectivity index (χ3n) is 3.23. The van der Waals surface area contributed by atoms with Crippen LogP contribution in [0.25, 0.3) is 0 Å². The lowest BCUT2D eigenvalue weighted by Gasteiger charge is -2.15. The molecule has 0 heterocycles. The van der Waals surface area contributed by atoms with E-state index in [0.29, 0.717) is 13.2 Å². The molecule has 1 atom stereocenters. The summed E-state index contributed by atoms with van der Waals surface area (Å²) in [5, 5.41) is 5.65. The fourth-order valence-corrected chi connectivity index (χ4v) is 2.09. The third-order valence-corrected chi connectivity index (χ3v) is 3.23. The van der Waals surface area contributed by atoms with Gasteiger partial charge in [-0.2, -0.15) is 0 Å². The Labute approximate surface area is 121 Å². The Morgan fingerprint density at radius 2 is 1.85 bits per heavy atom. The number of carbonyl (C=O) groups is 1. The number of ether oxygens (including phenoxy) is 1. The van der Waals surface area contributed by atoms with E-state index in [9.17, 15) is 4.79 Å². The smallest absolute Gasteiger partial charge is 0.315 e. The molecule has 20 heavy (non-hydrogen) atoms. The van der Waals surface area contributed by atoms with Crippen LogP contribution in [0.3, 0.4) is 0 Å². The van der Waals surface area contributed by atoms with Gasteiger partial charge in [0.15, 0.2) is 0 Å². The van der Waals surface area contributed by atoms with Crippen molar-refractivity contribution in [3.63, 3.8) is 0 Å². The number of benzene rings is 1. The molecule has 0 aliphatic heterocycles. The molecular formula is C16H26N2O2. The van der Waals surface area contributed by atoms with Gasteiger partial charge >= 0.3 is 6.03 Å². The van der Waals surface area contributed by atoms with Crippen LogP contribution < -0.4 is 15.4 Å². The average molecular weight is 278 g/mol. The molecule has 4 heteroatoms. The van der Waals surface area contributed by atoms with Gasteiger partial charge in [-0.15, -0.1) is 0 Å². The SMILES string of the molecule is CCC(C)NC(=O)NCCOc1c(C)cc(C)cc1C. The number of nitrogens with one attached hydrogen (secondary N) is 2. The quantitative estimate of drug-likeness (QED) is 0.786. The molecule has 0 spiro atoms. The minimum absolute atomic E-state index is 0.139. The fourth-order valence-electron chi connectivity index (χ4n) is 2.09. The number of urea groups is 1. The molecule has 0 aliphatic rings. The lowest BCUT2D eigenvalue weighted by Crippen LogP contribution is -2.41. The van der Waals surface area contributed by atoms with E-state index >= 15 is 0 Å². The van der Waals surface area contributed by atoms with E-state index in [-0.39, 0.29) is 12.1 Å². The lowest BCUT2D eigenvalue weighted by molar-refractivity contribution is 0.233. The predicted octanol–water partition coefficient (Wildman–Crippen LogP) is 3.09. The van der Waals surface area contributed by atoms with E-state index in [1.54, 1.807) is 0 Å². The van der Waals surface area contributed by atoms with Crippen molar-refractivity contribution in [1.82, 2.24) is 10.6 Å². The van der Waals surface area contributed by atoms with E-state index < -0.39 is 0 Å². The van der Waals surface area contributed by atoms with E-state index in [1.807, 2.05) is 27.7 Å². The van der Waals surface area contributed by atoms with Crippen LogP contribution in [0.2, 0.25) is 0 Å². The molecule has 0 radical (unpaired) electrons. The van der Waals surface area contributed by atoms with Gasteiger partial charge in [-0.25, -0.2) is 4.79 Å². The summed E-state index contributed by atoms with van der Waals surface area (Å²) in [4.78, 5) is 11.5. The summed E-state index contributed by atoms with van der Waals surface area (Å²) in [5.74, 6) is 0.916. The monoisotopic (exact) mass is 278 g/mol. The van der Waals surface area contributed by atoms with Gasteiger partial charge in [-0.1, -0.05) is 24.6 Å². The van der Waals surface area contributed by atoms with Crippen LogP contribution >= 0.6 is 0 Å². The van der Waals surface area contributed by atoms with Crippen LogP contribution in [0.5, 0.6) is 5.75 Å². The molecule has 0 aromatic heterocycles. The predicted molar refractivity (Wildman–Crippen MR) is 82.4 cm³/mol. The van der Waals surface area contributed by atoms with Crippen molar-refractivity contribution in [2.75, 3.05) is 13.2 Å². The van der Waals surface area contributed by atoms with Crippen LogP contribution in [0, 0.1) is 20.8 Å². The summed E-state index contributed by atoms with van der Waals surface area (Å²) in [6.45, 7) is 11.1. The van der Waals surface area contributed by atoms with Gasteiger partial charge in [0.05, 0.1) is 6.54 Å². The molecule has 1 aromatic carbocycles. The largest absolute Gasteiger partial charge is 0.491 e. The Morgan fingerprint density at radius 3 is 2.40 bits per heavy atom. The average Bonchev–Trinajstić information content (AvgIpc) is 2.36.